The fourth-order valence-electron chi connectivity index (χ4n) is 2.43. The van der Waals surface area contributed by atoms with E-state index in [1.165, 1.54) is 0 Å². The molecule has 5 heteroatoms. The van der Waals surface area contributed by atoms with Gasteiger partial charge in [-0.25, -0.2) is 0 Å². The Bertz CT molecular complexity index is 891. The summed E-state index contributed by atoms with van der Waals surface area (Å²) in [5.41, 5.74) is 9.19. The summed E-state index contributed by atoms with van der Waals surface area (Å²) < 4.78 is 0. The Labute approximate surface area is 137 Å². The Morgan fingerprint density at radius 1 is 0.909 bits per heavy atom. The molecule has 0 spiro atoms. The van der Waals surface area contributed by atoms with Gasteiger partial charge >= 0.3 is 0 Å². The van der Waals surface area contributed by atoms with Crippen LogP contribution in [0.3, 0.4) is 0 Å². The first-order valence-corrected chi connectivity index (χ1v) is 7.30. The van der Waals surface area contributed by atoms with Crippen LogP contribution in [0.2, 0.25) is 10.0 Å². The number of halogens is 2. The van der Waals surface area contributed by atoms with Crippen LogP contribution < -0.4 is 5.73 Å². The van der Waals surface area contributed by atoms with Crippen molar-refractivity contribution in [2.24, 2.45) is 0 Å². The topological polar surface area (TPSA) is 65.6 Å². The van der Waals surface area contributed by atoms with Gasteiger partial charge < -0.3 is 10.7 Å². The third kappa shape index (κ3) is 2.33. The van der Waals surface area contributed by atoms with E-state index in [0.29, 0.717) is 32.7 Å². The highest BCUT2D eigenvalue weighted by Crippen LogP contribution is 2.42. The van der Waals surface area contributed by atoms with Gasteiger partial charge in [0.1, 0.15) is 17.5 Å². The number of benzene rings is 2. The first-order valence-electron chi connectivity index (χ1n) is 6.54. The van der Waals surface area contributed by atoms with E-state index in [4.69, 9.17) is 28.9 Å². The number of nitrogen functional groups attached to an aromatic ring is 1. The maximum absolute atomic E-state index is 9.45. The van der Waals surface area contributed by atoms with Gasteiger partial charge in [-0.2, -0.15) is 5.26 Å². The quantitative estimate of drug-likeness (QED) is 0.686. The summed E-state index contributed by atoms with van der Waals surface area (Å²) in [5, 5.41) is 10.6. The minimum Gasteiger partial charge on any atom is -0.384 e. The summed E-state index contributed by atoms with van der Waals surface area (Å²) in [6.07, 6.45) is 0. The summed E-state index contributed by atoms with van der Waals surface area (Å²) >= 11 is 12.6. The lowest BCUT2D eigenvalue weighted by atomic mass is 9.98. The lowest BCUT2D eigenvalue weighted by Gasteiger charge is -2.08. The van der Waals surface area contributed by atoms with E-state index in [0.717, 1.165) is 11.1 Å². The third-order valence-electron chi connectivity index (χ3n) is 3.43. The number of rotatable bonds is 2. The Hall–Kier alpha value is -2.41. The Kier molecular flexibility index (Phi) is 3.81. The zero-order valence-corrected chi connectivity index (χ0v) is 12.9. The molecule has 0 radical (unpaired) electrons. The second kappa shape index (κ2) is 5.76. The van der Waals surface area contributed by atoms with Crippen molar-refractivity contribution in [2.75, 3.05) is 5.73 Å². The van der Waals surface area contributed by atoms with Crippen molar-refractivity contribution in [1.82, 2.24) is 4.98 Å². The summed E-state index contributed by atoms with van der Waals surface area (Å²) in [7, 11) is 0. The second-order valence-electron chi connectivity index (χ2n) is 4.74. The summed E-state index contributed by atoms with van der Waals surface area (Å²) in [4.78, 5) is 3.06. The number of hydrogen-bond acceptors (Lipinski definition) is 2. The van der Waals surface area contributed by atoms with Crippen LogP contribution in [0.25, 0.3) is 22.4 Å². The van der Waals surface area contributed by atoms with Gasteiger partial charge in [0.2, 0.25) is 0 Å². The number of anilines is 1. The molecular weight excluding hydrogens is 317 g/mol. The van der Waals surface area contributed by atoms with Gasteiger partial charge in [-0.15, -0.1) is 0 Å². The molecule has 0 saturated heterocycles. The molecule has 22 heavy (non-hydrogen) atoms. The molecule has 0 fully saturated rings. The predicted molar refractivity (Wildman–Crippen MR) is 90.8 cm³/mol. The van der Waals surface area contributed by atoms with Crippen molar-refractivity contribution in [3.05, 3.63) is 64.1 Å². The lowest BCUT2D eigenvalue weighted by Crippen LogP contribution is -1.88. The first kappa shape index (κ1) is 14.5. The average Bonchev–Trinajstić information content (AvgIpc) is 2.84. The minimum atomic E-state index is 0.298. The van der Waals surface area contributed by atoms with Crippen molar-refractivity contribution in [1.29, 1.82) is 5.26 Å². The van der Waals surface area contributed by atoms with E-state index < -0.39 is 0 Å². The predicted octanol–water partition coefficient (Wildman–Crippen LogP) is 5.11. The summed E-state index contributed by atoms with van der Waals surface area (Å²) in [6, 6.07) is 16.8. The largest absolute Gasteiger partial charge is 0.384 e. The summed E-state index contributed by atoms with van der Waals surface area (Å²) in [6.45, 7) is 0. The smallest absolute Gasteiger partial charge is 0.120 e. The molecule has 3 rings (SSSR count). The highest BCUT2D eigenvalue weighted by atomic mass is 35.5. The molecule has 0 atom stereocenters. The van der Waals surface area contributed by atoms with Gasteiger partial charge in [-0.1, -0.05) is 59.6 Å². The molecule has 0 aliphatic heterocycles. The SMILES string of the molecule is N#Cc1c(N)[nH]c(-c2ccccc2Cl)c1-c1ccccc1Cl. The highest BCUT2D eigenvalue weighted by molar-refractivity contribution is 6.34. The molecule has 3 aromatic rings. The molecule has 0 amide bonds. The van der Waals surface area contributed by atoms with Crippen LogP contribution in [0.4, 0.5) is 5.82 Å². The van der Waals surface area contributed by atoms with Crippen molar-refractivity contribution in [3.8, 4) is 28.5 Å². The van der Waals surface area contributed by atoms with E-state index in [1.54, 1.807) is 12.1 Å². The fourth-order valence-corrected chi connectivity index (χ4v) is 2.90. The zero-order valence-electron chi connectivity index (χ0n) is 11.4. The lowest BCUT2D eigenvalue weighted by molar-refractivity contribution is 1.39. The minimum absolute atomic E-state index is 0.298. The number of H-pyrrole nitrogens is 1. The third-order valence-corrected chi connectivity index (χ3v) is 4.09. The van der Waals surface area contributed by atoms with E-state index in [1.807, 2.05) is 36.4 Å². The van der Waals surface area contributed by atoms with Gasteiger partial charge in [0.05, 0.1) is 5.69 Å². The molecule has 3 N–H and O–H groups in total. The van der Waals surface area contributed by atoms with Crippen molar-refractivity contribution >= 4 is 29.0 Å². The van der Waals surface area contributed by atoms with E-state index in [-0.39, 0.29) is 0 Å². The Morgan fingerprint density at radius 3 is 2.00 bits per heavy atom. The van der Waals surface area contributed by atoms with Gasteiger partial charge in [0.15, 0.2) is 0 Å². The number of nitriles is 1. The molecule has 108 valence electrons. The zero-order chi connectivity index (χ0) is 15.7. The van der Waals surface area contributed by atoms with Crippen molar-refractivity contribution in [3.63, 3.8) is 0 Å². The monoisotopic (exact) mass is 327 g/mol. The van der Waals surface area contributed by atoms with E-state index in [2.05, 4.69) is 11.1 Å². The molecule has 0 saturated carbocycles. The van der Waals surface area contributed by atoms with Crippen LogP contribution in [0.15, 0.2) is 48.5 Å². The highest BCUT2D eigenvalue weighted by Gasteiger charge is 2.21. The maximum Gasteiger partial charge on any atom is 0.120 e. The van der Waals surface area contributed by atoms with Gasteiger partial charge in [-0.05, 0) is 12.1 Å². The fraction of sp³-hybridized carbons (Fsp3) is 0. The van der Waals surface area contributed by atoms with Gasteiger partial charge in [0.25, 0.3) is 0 Å². The van der Waals surface area contributed by atoms with Crippen LogP contribution in [0.5, 0.6) is 0 Å². The Morgan fingerprint density at radius 2 is 1.45 bits per heavy atom. The average molecular weight is 328 g/mol. The van der Waals surface area contributed by atoms with Crippen LogP contribution in [0, 0.1) is 11.3 Å². The molecule has 0 aliphatic carbocycles. The molecule has 0 unspecified atom stereocenters. The molecule has 0 bridgehead atoms. The number of nitrogens with two attached hydrogens (primary N) is 1. The van der Waals surface area contributed by atoms with Crippen LogP contribution in [-0.2, 0) is 0 Å². The maximum atomic E-state index is 9.45. The number of aromatic nitrogens is 1. The normalized spacial score (nSPS) is 10.4. The number of nitrogens with zero attached hydrogens (tertiary/aromatic N) is 1. The Balaban J connectivity index is 2.37. The van der Waals surface area contributed by atoms with E-state index >= 15 is 0 Å². The van der Waals surface area contributed by atoms with Crippen molar-refractivity contribution < 1.29 is 0 Å². The van der Waals surface area contributed by atoms with Crippen LogP contribution in [0.1, 0.15) is 5.56 Å². The summed E-state index contributed by atoms with van der Waals surface area (Å²) in [5.74, 6) is 0.298. The standard InChI is InChI=1S/C17H11Cl2N3/c18-13-7-3-1-5-10(13)15-12(9-20)17(21)22-16(15)11-6-2-4-8-14(11)19/h1-8,22H,21H2. The molecule has 1 aromatic heterocycles. The second-order valence-corrected chi connectivity index (χ2v) is 5.55. The molecule has 3 nitrogen and oxygen atoms in total. The van der Waals surface area contributed by atoms with E-state index in [9.17, 15) is 5.26 Å². The molecule has 1 heterocycles. The number of hydrogen-bond donors (Lipinski definition) is 2. The first-order chi connectivity index (χ1) is 10.6. The molecule has 2 aromatic carbocycles. The van der Waals surface area contributed by atoms with Gasteiger partial charge in [0, 0.05) is 26.7 Å². The molecular formula is C17H11Cl2N3. The van der Waals surface area contributed by atoms with Crippen LogP contribution >= 0.6 is 23.2 Å². The van der Waals surface area contributed by atoms with Crippen LogP contribution in [-0.4, -0.2) is 4.98 Å². The van der Waals surface area contributed by atoms with Crippen molar-refractivity contribution in [2.45, 2.75) is 0 Å². The molecule has 0 aliphatic rings. The number of nitrogens with one attached hydrogen (secondary N) is 1. The van der Waals surface area contributed by atoms with Gasteiger partial charge in [-0.3, -0.25) is 0 Å². The number of aromatic amines is 1.